The molecule has 0 bridgehead atoms. The molecule has 0 spiro atoms. The van der Waals surface area contributed by atoms with Gasteiger partial charge in [-0.05, 0) is 25.0 Å². The summed E-state index contributed by atoms with van der Waals surface area (Å²) in [5.74, 6) is 0. The van der Waals surface area contributed by atoms with Crippen molar-refractivity contribution < 1.29 is 8.83 Å². The van der Waals surface area contributed by atoms with E-state index in [0.717, 1.165) is 0 Å². The van der Waals surface area contributed by atoms with E-state index < -0.39 is 22.5 Å². The fraction of sp³-hybridized carbons (Fsp3) is 0.167. The number of benzene rings is 1. The summed E-state index contributed by atoms with van der Waals surface area (Å²) < 4.78 is 9.00. The van der Waals surface area contributed by atoms with Gasteiger partial charge in [0.25, 0.3) is 0 Å². The van der Waals surface area contributed by atoms with Crippen LogP contribution < -0.4 is 22.5 Å². The van der Waals surface area contributed by atoms with E-state index >= 15 is 0 Å². The molecule has 0 N–H and O–H groups in total. The van der Waals surface area contributed by atoms with Gasteiger partial charge in [-0.15, -0.1) is 0 Å². The molecule has 0 unspecified atom stereocenters. The molecule has 90 valence electrons. The molecular weight excluding hydrogens is 240 g/mol. The average Bonchev–Trinajstić information content (AvgIpc) is 2.73. The van der Waals surface area contributed by atoms with Crippen LogP contribution in [0, 0.1) is 13.8 Å². The first-order chi connectivity index (χ1) is 8.43. The average molecular weight is 246 g/mol. The van der Waals surface area contributed by atoms with Crippen molar-refractivity contribution in [3.63, 3.8) is 0 Å². The second-order valence-corrected chi connectivity index (χ2v) is 4.10. The van der Waals surface area contributed by atoms with Crippen LogP contribution in [-0.2, 0) is 0 Å². The van der Waals surface area contributed by atoms with Crippen LogP contribution in [0.1, 0.15) is 11.1 Å². The molecule has 6 heteroatoms. The molecular formula is C12H6O6. The molecule has 0 aliphatic rings. The third-order valence-electron chi connectivity index (χ3n) is 3.19. The zero-order valence-electron chi connectivity index (χ0n) is 9.45. The summed E-state index contributed by atoms with van der Waals surface area (Å²) in [6, 6.07) is 0. The summed E-state index contributed by atoms with van der Waals surface area (Å²) in [5.41, 5.74) is -2.71. The minimum absolute atomic E-state index is 0.0444. The van der Waals surface area contributed by atoms with E-state index in [2.05, 4.69) is 8.83 Å². The van der Waals surface area contributed by atoms with Crippen molar-refractivity contribution in [2.75, 3.05) is 0 Å². The van der Waals surface area contributed by atoms with Crippen LogP contribution in [0.4, 0.5) is 0 Å². The molecule has 0 fully saturated rings. The zero-order chi connectivity index (χ0) is 13.2. The van der Waals surface area contributed by atoms with Crippen LogP contribution in [0.2, 0.25) is 0 Å². The first kappa shape index (κ1) is 10.6. The van der Waals surface area contributed by atoms with Gasteiger partial charge in [-0.2, -0.15) is 0 Å². The van der Waals surface area contributed by atoms with Crippen molar-refractivity contribution in [1.29, 1.82) is 0 Å². The fourth-order valence-corrected chi connectivity index (χ4v) is 2.39. The van der Waals surface area contributed by atoms with Gasteiger partial charge in [0.1, 0.15) is 0 Å². The van der Waals surface area contributed by atoms with E-state index in [-0.39, 0.29) is 32.7 Å². The summed E-state index contributed by atoms with van der Waals surface area (Å²) >= 11 is 0. The van der Waals surface area contributed by atoms with E-state index in [1.54, 1.807) is 0 Å². The Bertz CT molecular complexity index is 849. The van der Waals surface area contributed by atoms with E-state index in [9.17, 15) is 19.2 Å². The molecule has 0 saturated carbocycles. The molecule has 0 saturated heterocycles. The predicted molar refractivity (Wildman–Crippen MR) is 62.9 cm³/mol. The Morgan fingerprint density at radius 3 is 1.00 bits per heavy atom. The standard InChI is InChI=1S/C12H6O6/c1-3-5-7(11(15)17-9(5)13)4(2)8-6(3)10(14)18-12(8)16/h1-2H3. The van der Waals surface area contributed by atoms with Gasteiger partial charge < -0.3 is 8.83 Å². The molecule has 0 aliphatic heterocycles. The van der Waals surface area contributed by atoms with Crippen molar-refractivity contribution in [3.8, 4) is 0 Å². The molecule has 2 heterocycles. The molecule has 3 aromatic rings. The van der Waals surface area contributed by atoms with Gasteiger partial charge in [-0.25, -0.2) is 19.2 Å². The van der Waals surface area contributed by atoms with E-state index in [1.165, 1.54) is 13.8 Å². The molecule has 18 heavy (non-hydrogen) atoms. The van der Waals surface area contributed by atoms with Crippen molar-refractivity contribution in [2.45, 2.75) is 13.8 Å². The number of hydrogen-bond donors (Lipinski definition) is 0. The van der Waals surface area contributed by atoms with Crippen LogP contribution >= 0.6 is 0 Å². The molecule has 0 radical (unpaired) electrons. The van der Waals surface area contributed by atoms with Gasteiger partial charge in [0.15, 0.2) is 0 Å². The van der Waals surface area contributed by atoms with E-state index in [1.807, 2.05) is 0 Å². The van der Waals surface area contributed by atoms with Crippen LogP contribution in [0.25, 0.3) is 21.5 Å². The summed E-state index contributed by atoms with van der Waals surface area (Å²) in [6.45, 7) is 2.97. The third-order valence-corrected chi connectivity index (χ3v) is 3.19. The van der Waals surface area contributed by atoms with Gasteiger partial charge in [0.05, 0.1) is 21.5 Å². The maximum atomic E-state index is 11.6. The van der Waals surface area contributed by atoms with Crippen LogP contribution in [0.5, 0.6) is 0 Å². The number of furan rings is 2. The Labute approximate surface area is 97.8 Å². The summed E-state index contributed by atoms with van der Waals surface area (Å²) in [7, 11) is 0. The molecule has 1 aromatic carbocycles. The van der Waals surface area contributed by atoms with Gasteiger partial charge in [0, 0.05) is 0 Å². The maximum absolute atomic E-state index is 11.6. The molecule has 6 nitrogen and oxygen atoms in total. The largest absolute Gasteiger partial charge is 0.386 e. The molecule has 2 aromatic heterocycles. The lowest BCUT2D eigenvalue weighted by Gasteiger charge is -1.98. The minimum atomic E-state index is -0.800. The smallest absolute Gasteiger partial charge is 0.347 e. The third kappa shape index (κ3) is 1.02. The summed E-state index contributed by atoms with van der Waals surface area (Å²) in [5, 5.41) is 0.177. The van der Waals surface area contributed by atoms with Crippen LogP contribution in [-0.4, -0.2) is 0 Å². The van der Waals surface area contributed by atoms with E-state index in [4.69, 9.17) is 0 Å². The number of rotatable bonds is 0. The highest BCUT2D eigenvalue weighted by Crippen LogP contribution is 2.24. The Morgan fingerprint density at radius 2 is 0.778 bits per heavy atom. The second-order valence-electron chi connectivity index (χ2n) is 4.10. The van der Waals surface area contributed by atoms with Gasteiger partial charge in [-0.3, -0.25) is 0 Å². The Morgan fingerprint density at radius 1 is 0.556 bits per heavy atom. The quantitative estimate of drug-likeness (QED) is 0.558. The highest BCUT2D eigenvalue weighted by atomic mass is 16.4. The van der Waals surface area contributed by atoms with Gasteiger partial charge >= 0.3 is 22.5 Å². The lowest BCUT2D eigenvalue weighted by Crippen LogP contribution is -2.01. The number of fused-ring (bicyclic) bond motifs is 2. The molecule has 0 atom stereocenters. The van der Waals surface area contributed by atoms with Crippen molar-refractivity contribution in [3.05, 3.63) is 52.8 Å². The van der Waals surface area contributed by atoms with Crippen LogP contribution in [0.15, 0.2) is 28.0 Å². The summed E-state index contributed by atoms with van der Waals surface area (Å²) in [4.78, 5) is 46.2. The lowest BCUT2D eigenvalue weighted by atomic mass is 9.98. The monoisotopic (exact) mass is 246 g/mol. The normalized spacial score (nSPS) is 11.7. The first-order valence-corrected chi connectivity index (χ1v) is 5.13. The number of hydrogen-bond acceptors (Lipinski definition) is 6. The van der Waals surface area contributed by atoms with Crippen molar-refractivity contribution in [1.82, 2.24) is 0 Å². The number of aryl methyl sites for hydroxylation is 2. The van der Waals surface area contributed by atoms with Gasteiger partial charge in [0.2, 0.25) is 0 Å². The topological polar surface area (TPSA) is 94.6 Å². The Hall–Kier alpha value is -2.50. The SMILES string of the molecule is Cc1c2c(=O)oc(=O)c2c(C)c2c(=O)oc(=O)c12. The molecule has 0 aliphatic carbocycles. The predicted octanol–water partition coefficient (Wildman–Crippen LogP) is 0.112. The fourth-order valence-electron chi connectivity index (χ4n) is 2.39. The second kappa shape index (κ2) is 3.04. The molecule has 3 rings (SSSR count). The Balaban J connectivity index is 2.94. The molecule has 0 amide bonds. The lowest BCUT2D eigenvalue weighted by molar-refractivity contribution is 0.498. The Kier molecular flexibility index (Phi) is 1.80. The highest BCUT2D eigenvalue weighted by Gasteiger charge is 2.23. The highest BCUT2D eigenvalue weighted by molar-refractivity contribution is 6.04. The minimum Gasteiger partial charge on any atom is -0.386 e. The van der Waals surface area contributed by atoms with Crippen LogP contribution in [0.3, 0.4) is 0 Å². The first-order valence-electron chi connectivity index (χ1n) is 5.13. The van der Waals surface area contributed by atoms with Crippen molar-refractivity contribution >= 4 is 21.5 Å². The van der Waals surface area contributed by atoms with Crippen molar-refractivity contribution in [2.24, 2.45) is 0 Å². The zero-order valence-corrected chi connectivity index (χ0v) is 9.45. The van der Waals surface area contributed by atoms with Gasteiger partial charge in [-0.1, -0.05) is 0 Å². The summed E-state index contributed by atoms with van der Waals surface area (Å²) in [6.07, 6.45) is 0. The maximum Gasteiger partial charge on any atom is 0.347 e. The van der Waals surface area contributed by atoms with E-state index in [0.29, 0.717) is 0 Å².